The highest BCUT2D eigenvalue weighted by Crippen LogP contribution is 2.27. The lowest BCUT2D eigenvalue weighted by atomic mass is 10.1. The molecule has 0 radical (unpaired) electrons. The lowest BCUT2D eigenvalue weighted by Crippen LogP contribution is -2.23. The molecule has 0 saturated carbocycles. The van der Waals surface area contributed by atoms with Crippen LogP contribution in [0.2, 0.25) is 0 Å². The molecule has 4 nitrogen and oxygen atoms in total. The lowest BCUT2D eigenvalue weighted by Gasteiger charge is -2.06. The molecule has 0 aliphatic heterocycles. The van der Waals surface area contributed by atoms with Crippen LogP contribution >= 0.6 is 22.7 Å². The molecule has 6 heteroatoms. The van der Waals surface area contributed by atoms with Gasteiger partial charge in [0.2, 0.25) is 0 Å². The van der Waals surface area contributed by atoms with Gasteiger partial charge in [-0.15, -0.1) is 22.7 Å². The number of amides is 1. The van der Waals surface area contributed by atoms with E-state index in [0.29, 0.717) is 18.8 Å². The molecular weight excluding hydrogens is 328 g/mol. The molecule has 1 aromatic carbocycles. The molecular formula is C17H16N2O2S2. The highest BCUT2D eigenvalue weighted by Gasteiger charge is 2.12. The predicted octanol–water partition coefficient (Wildman–Crippen LogP) is 3.95. The summed E-state index contributed by atoms with van der Waals surface area (Å²) in [6.45, 7) is 1.04. The molecule has 0 spiro atoms. The van der Waals surface area contributed by atoms with Gasteiger partial charge in [-0.25, -0.2) is 4.98 Å². The Hall–Kier alpha value is -2.02. The molecule has 2 aromatic heterocycles. The van der Waals surface area contributed by atoms with E-state index in [9.17, 15) is 4.79 Å². The number of nitrogens with zero attached hydrogens (tertiary/aromatic N) is 1. The number of ether oxygens (including phenoxy) is 1. The van der Waals surface area contributed by atoms with Gasteiger partial charge in [0.1, 0.15) is 10.7 Å². The number of aromatic nitrogens is 1. The van der Waals surface area contributed by atoms with E-state index in [0.717, 1.165) is 21.0 Å². The highest BCUT2D eigenvalue weighted by atomic mass is 32.1. The minimum absolute atomic E-state index is 0.152. The summed E-state index contributed by atoms with van der Waals surface area (Å²) in [5, 5.41) is 7.59. The maximum Gasteiger partial charge on any atom is 0.271 e. The molecule has 3 aromatic rings. The largest absolute Gasteiger partial charge is 0.380 e. The smallest absolute Gasteiger partial charge is 0.271 e. The average Bonchev–Trinajstić information content (AvgIpc) is 3.24. The standard InChI is InChI=1S/C17H16N2O2S2/c1-21-10-13-5-2-4-12(8-13)9-18-16(20)14-11-23-17(19-14)15-6-3-7-22-15/h2-8,11H,9-10H2,1H3,(H,18,20). The van der Waals surface area contributed by atoms with Gasteiger partial charge < -0.3 is 10.1 Å². The van der Waals surface area contributed by atoms with Gasteiger partial charge >= 0.3 is 0 Å². The van der Waals surface area contributed by atoms with Gasteiger partial charge in [0, 0.05) is 19.0 Å². The molecule has 0 bridgehead atoms. The first-order valence-electron chi connectivity index (χ1n) is 7.10. The summed E-state index contributed by atoms with van der Waals surface area (Å²) in [7, 11) is 1.67. The third-order valence-corrected chi connectivity index (χ3v) is 5.11. The highest BCUT2D eigenvalue weighted by molar-refractivity contribution is 7.20. The topological polar surface area (TPSA) is 51.2 Å². The van der Waals surface area contributed by atoms with E-state index in [-0.39, 0.29) is 5.91 Å². The summed E-state index contributed by atoms with van der Waals surface area (Å²) < 4.78 is 5.12. The maximum absolute atomic E-state index is 12.2. The first kappa shape index (κ1) is 15.9. The molecule has 0 unspecified atom stereocenters. The number of methoxy groups -OCH3 is 1. The number of hydrogen-bond donors (Lipinski definition) is 1. The Morgan fingerprint density at radius 2 is 2.09 bits per heavy atom. The van der Waals surface area contributed by atoms with Crippen LogP contribution < -0.4 is 5.32 Å². The van der Waals surface area contributed by atoms with Crippen molar-refractivity contribution in [2.75, 3.05) is 7.11 Å². The molecule has 0 atom stereocenters. The number of benzene rings is 1. The fourth-order valence-corrected chi connectivity index (χ4v) is 3.77. The quantitative estimate of drug-likeness (QED) is 0.737. The van der Waals surface area contributed by atoms with Crippen molar-refractivity contribution in [3.05, 3.63) is 64.0 Å². The van der Waals surface area contributed by atoms with E-state index < -0.39 is 0 Å². The van der Waals surface area contributed by atoms with Crippen molar-refractivity contribution in [2.24, 2.45) is 0 Å². The molecule has 0 saturated heterocycles. The summed E-state index contributed by atoms with van der Waals surface area (Å²) >= 11 is 3.11. The van der Waals surface area contributed by atoms with Crippen molar-refractivity contribution in [3.63, 3.8) is 0 Å². The van der Waals surface area contributed by atoms with Crippen molar-refractivity contribution in [1.29, 1.82) is 0 Å². The second-order valence-electron chi connectivity index (χ2n) is 4.95. The first-order valence-corrected chi connectivity index (χ1v) is 8.86. The van der Waals surface area contributed by atoms with E-state index in [4.69, 9.17) is 4.74 Å². The summed E-state index contributed by atoms with van der Waals surface area (Å²) in [6.07, 6.45) is 0. The van der Waals surface area contributed by atoms with E-state index in [1.807, 2.05) is 41.8 Å². The van der Waals surface area contributed by atoms with Crippen LogP contribution in [0.15, 0.2) is 47.2 Å². The zero-order valence-electron chi connectivity index (χ0n) is 12.6. The molecule has 1 amide bonds. The second kappa shape index (κ2) is 7.50. The Labute approximate surface area is 142 Å². The summed E-state index contributed by atoms with van der Waals surface area (Å²) in [5.74, 6) is -0.152. The average molecular weight is 344 g/mol. The number of carbonyl (C=O) groups is 1. The molecule has 3 rings (SSSR count). The summed E-state index contributed by atoms with van der Waals surface area (Å²) in [4.78, 5) is 17.7. The predicted molar refractivity (Wildman–Crippen MR) is 93.8 cm³/mol. The third-order valence-electron chi connectivity index (χ3n) is 3.22. The van der Waals surface area contributed by atoms with Crippen LogP contribution in [0.4, 0.5) is 0 Å². The van der Waals surface area contributed by atoms with Gasteiger partial charge in [-0.1, -0.05) is 30.3 Å². The summed E-state index contributed by atoms with van der Waals surface area (Å²) in [5.41, 5.74) is 2.60. The van der Waals surface area contributed by atoms with Crippen LogP contribution in [-0.2, 0) is 17.9 Å². The van der Waals surface area contributed by atoms with E-state index in [1.165, 1.54) is 11.3 Å². The zero-order chi connectivity index (χ0) is 16.1. The maximum atomic E-state index is 12.2. The van der Waals surface area contributed by atoms with Crippen molar-refractivity contribution in [1.82, 2.24) is 10.3 Å². The van der Waals surface area contributed by atoms with Crippen LogP contribution in [0.5, 0.6) is 0 Å². The fourth-order valence-electron chi connectivity index (χ4n) is 2.16. The van der Waals surface area contributed by atoms with Gasteiger partial charge in [-0.05, 0) is 22.6 Å². The monoisotopic (exact) mass is 344 g/mol. The Morgan fingerprint density at radius 3 is 2.87 bits per heavy atom. The lowest BCUT2D eigenvalue weighted by molar-refractivity contribution is 0.0946. The van der Waals surface area contributed by atoms with E-state index in [2.05, 4.69) is 10.3 Å². The molecule has 1 N–H and O–H groups in total. The minimum Gasteiger partial charge on any atom is -0.380 e. The number of rotatable bonds is 6. The number of thiophene rings is 1. The Bertz CT molecular complexity index is 782. The fraction of sp³-hybridized carbons (Fsp3) is 0.176. The Balaban J connectivity index is 1.62. The minimum atomic E-state index is -0.152. The number of nitrogens with one attached hydrogen (secondary N) is 1. The summed E-state index contributed by atoms with van der Waals surface area (Å²) in [6, 6.07) is 12.0. The molecule has 2 heterocycles. The van der Waals surface area contributed by atoms with Crippen molar-refractivity contribution >= 4 is 28.6 Å². The van der Waals surface area contributed by atoms with Gasteiger partial charge in [0.15, 0.2) is 0 Å². The molecule has 118 valence electrons. The normalized spacial score (nSPS) is 10.7. The van der Waals surface area contributed by atoms with E-state index in [1.54, 1.807) is 23.8 Å². The molecule has 0 aliphatic carbocycles. The van der Waals surface area contributed by atoms with Crippen LogP contribution in [0, 0.1) is 0 Å². The van der Waals surface area contributed by atoms with Crippen LogP contribution in [0.1, 0.15) is 21.6 Å². The van der Waals surface area contributed by atoms with Crippen LogP contribution in [0.25, 0.3) is 9.88 Å². The van der Waals surface area contributed by atoms with Crippen LogP contribution in [0.3, 0.4) is 0 Å². The third kappa shape index (κ3) is 4.04. The number of hydrogen-bond acceptors (Lipinski definition) is 5. The van der Waals surface area contributed by atoms with Gasteiger partial charge in [-0.3, -0.25) is 4.79 Å². The Kier molecular flexibility index (Phi) is 5.17. The SMILES string of the molecule is COCc1cccc(CNC(=O)c2csc(-c3cccs3)n2)c1. The van der Waals surface area contributed by atoms with E-state index >= 15 is 0 Å². The van der Waals surface area contributed by atoms with Gasteiger partial charge in [-0.2, -0.15) is 0 Å². The zero-order valence-corrected chi connectivity index (χ0v) is 14.2. The van der Waals surface area contributed by atoms with Crippen molar-refractivity contribution in [2.45, 2.75) is 13.2 Å². The molecule has 0 fully saturated rings. The second-order valence-corrected chi connectivity index (χ2v) is 6.76. The van der Waals surface area contributed by atoms with Gasteiger partial charge in [0.05, 0.1) is 11.5 Å². The molecule has 23 heavy (non-hydrogen) atoms. The van der Waals surface area contributed by atoms with Crippen LogP contribution in [-0.4, -0.2) is 18.0 Å². The van der Waals surface area contributed by atoms with Crippen molar-refractivity contribution in [3.8, 4) is 9.88 Å². The van der Waals surface area contributed by atoms with Crippen molar-refractivity contribution < 1.29 is 9.53 Å². The number of thiazole rings is 1. The Morgan fingerprint density at radius 1 is 1.22 bits per heavy atom. The number of carbonyl (C=O) groups excluding carboxylic acids is 1. The first-order chi connectivity index (χ1) is 11.3. The molecule has 0 aliphatic rings. The van der Waals surface area contributed by atoms with Gasteiger partial charge in [0.25, 0.3) is 5.91 Å².